The third-order valence-corrected chi connectivity index (χ3v) is 4.85. The zero-order valence-corrected chi connectivity index (χ0v) is 15.1. The van der Waals surface area contributed by atoms with Crippen LogP contribution in [-0.2, 0) is 0 Å². The molecule has 5 heteroatoms. The number of ether oxygens (including phenoxy) is 1. The maximum Gasteiger partial charge on any atom is 0.142 e. The minimum Gasteiger partial charge on any atom is -0.495 e. The molecule has 2 atom stereocenters. The van der Waals surface area contributed by atoms with Gasteiger partial charge in [-0.05, 0) is 42.7 Å². The molecule has 1 fully saturated rings. The maximum atomic E-state index is 10.4. The topological polar surface area (TPSA) is 68.5 Å². The number of nitriles is 1. The minimum atomic E-state index is -0.620. The van der Waals surface area contributed by atoms with Crippen LogP contribution >= 0.6 is 0 Å². The zero-order valence-electron chi connectivity index (χ0n) is 15.1. The van der Waals surface area contributed by atoms with Crippen molar-refractivity contribution in [1.29, 1.82) is 5.26 Å². The SMILES string of the molecule is COc1ccccc1N1CCCC(NCC(O)c2cccc(C#N)c2)C1. The lowest BCUT2D eigenvalue weighted by Gasteiger charge is -2.36. The summed E-state index contributed by atoms with van der Waals surface area (Å²) in [7, 11) is 1.70. The third kappa shape index (κ3) is 4.34. The number of piperidine rings is 1. The first-order valence-corrected chi connectivity index (χ1v) is 9.00. The van der Waals surface area contributed by atoms with Crippen molar-refractivity contribution in [3.05, 3.63) is 59.7 Å². The van der Waals surface area contributed by atoms with Crippen LogP contribution in [0.25, 0.3) is 0 Å². The largest absolute Gasteiger partial charge is 0.495 e. The Morgan fingerprint density at radius 2 is 2.15 bits per heavy atom. The van der Waals surface area contributed by atoms with Gasteiger partial charge < -0.3 is 20.1 Å². The smallest absolute Gasteiger partial charge is 0.142 e. The summed E-state index contributed by atoms with van der Waals surface area (Å²) in [6, 6.07) is 17.7. The van der Waals surface area contributed by atoms with Crippen LogP contribution < -0.4 is 15.0 Å². The van der Waals surface area contributed by atoms with Crippen molar-refractivity contribution in [2.75, 3.05) is 31.6 Å². The van der Waals surface area contributed by atoms with Crippen LogP contribution in [0.15, 0.2) is 48.5 Å². The highest BCUT2D eigenvalue weighted by atomic mass is 16.5. The fourth-order valence-electron chi connectivity index (χ4n) is 3.47. The molecule has 0 aliphatic carbocycles. The number of methoxy groups -OCH3 is 1. The van der Waals surface area contributed by atoms with Crippen molar-refractivity contribution in [3.8, 4) is 11.8 Å². The van der Waals surface area contributed by atoms with Gasteiger partial charge in [-0.2, -0.15) is 5.26 Å². The Morgan fingerprint density at radius 3 is 2.96 bits per heavy atom. The number of aliphatic hydroxyl groups excluding tert-OH is 1. The van der Waals surface area contributed by atoms with Gasteiger partial charge in [-0.25, -0.2) is 0 Å². The molecule has 2 N–H and O–H groups in total. The van der Waals surface area contributed by atoms with Crippen molar-refractivity contribution in [2.24, 2.45) is 0 Å². The van der Waals surface area contributed by atoms with E-state index in [-0.39, 0.29) is 0 Å². The van der Waals surface area contributed by atoms with E-state index in [2.05, 4.69) is 22.4 Å². The van der Waals surface area contributed by atoms with E-state index in [0.717, 1.165) is 42.9 Å². The van der Waals surface area contributed by atoms with E-state index in [4.69, 9.17) is 10.00 Å². The second kappa shape index (κ2) is 8.70. The Labute approximate surface area is 154 Å². The number of benzene rings is 2. The molecule has 0 amide bonds. The summed E-state index contributed by atoms with van der Waals surface area (Å²) in [5.74, 6) is 0.890. The monoisotopic (exact) mass is 351 g/mol. The van der Waals surface area contributed by atoms with Gasteiger partial charge in [-0.15, -0.1) is 0 Å². The summed E-state index contributed by atoms with van der Waals surface area (Å²) in [5, 5.41) is 22.9. The summed E-state index contributed by atoms with van der Waals surface area (Å²) in [6.07, 6.45) is 1.55. The summed E-state index contributed by atoms with van der Waals surface area (Å²) in [4.78, 5) is 2.34. The summed E-state index contributed by atoms with van der Waals surface area (Å²) >= 11 is 0. The summed E-state index contributed by atoms with van der Waals surface area (Å²) in [5.41, 5.74) is 2.46. The Kier molecular flexibility index (Phi) is 6.11. The Balaban J connectivity index is 1.59. The maximum absolute atomic E-state index is 10.4. The molecule has 1 heterocycles. The van der Waals surface area contributed by atoms with E-state index >= 15 is 0 Å². The zero-order chi connectivity index (χ0) is 18.4. The van der Waals surface area contributed by atoms with Gasteiger partial charge in [-0.1, -0.05) is 24.3 Å². The standard InChI is InChI=1S/C21H25N3O2/c1-26-21-10-3-2-9-19(21)24-11-5-8-18(15-24)23-14-20(25)17-7-4-6-16(12-17)13-22/h2-4,6-7,9-10,12,18,20,23,25H,5,8,11,14-15H2,1H3. The van der Waals surface area contributed by atoms with E-state index in [1.807, 2.05) is 24.3 Å². The Hall–Kier alpha value is -2.55. The number of hydrogen-bond acceptors (Lipinski definition) is 5. The number of anilines is 1. The van der Waals surface area contributed by atoms with Gasteiger partial charge in [0.25, 0.3) is 0 Å². The summed E-state index contributed by atoms with van der Waals surface area (Å²) < 4.78 is 5.48. The van der Waals surface area contributed by atoms with E-state index < -0.39 is 6.10 Å². The van der Waals surface area contributed by atoms with Gasteiger partial charge >= 0.3 is 0 Å². The van der Waals surface area contributed by atoms with E-state index in [1.54, 1.807) is 25.3 Å². The highest BCUT2D eigenvalue weighted by Crippen LogP contribution is 2.30. The number of nitrogens with zero attached hydrogens (tertiary/aromatic N) is 2. The molecule has 0 radical (unpaired) electrons. The van der Waals surface area contributed by atoms with Gasteiger partial charge in [0.2, 0.25) is 0 Å². The number of aliphatic hydroxyl groups is 1. The predicted octanol–water partition coefficient (Wildman–Crippen LogP) is 2.86. The van der Waals surface area contributed by atoms with Crippen LogP contribution in [0.4, 0.5) is 5.69 Å². The van der Waals surface area contributed by atoms with E-state index in [0.29, 0.717) is 18.2 Å². The second-order valence-corrected chi connectivity index (χ2v) is 6.62. The molecule has 5 nitrogen and oxygen atoms in total. The fraction of sp³-hybridized carbons (Fsp3) is 0.381. The molecule has 0 aromatic heterocycles. The molecule has 0 saturated carbocycles. The quantitative estimate of drug-likeness (QED) is 0.838. The molecule has 3 rings (SSSR count). The molecule has 1 saturated heterocycles. The lowest BCUT2D eigenvalue weighted by Crippen LogP contribution is -2.46. The fourth-order valence-corrected chi connectivity index (χ4v) is 3.47. The van der Waals surface area contributed by atoms with E-state index in [1.165, 1.54) is 0 Å². The lowest BCUT2D eigenvalue weighted by molar-refractivity contribution is 0.168. The Morgan fingerprint density at radius 1 is 1.31 bits per heavy atom. The molecular formula is C21H25N3O2. The molecular weight excluding hydrogens is 326 g/mol. The van der Waals surface area contributed by atoms with Gasteiger partial charge in [0, 0.05) is 25.7 Å². The van der Waals surface area contributed by atoms with Gasteiger partial charge in [-0.3, -0.25) is 0 Å². The van der Waals surface area contributed by atoms with Crippen molar-refractivity contribution >= 4 is 5.69 Å². The number of rotatable bonds is 6. The molecule has 1 aliphatic rings. The minimum absolute atomic E-state index is 0.308. The Bertz CT molecular complexity index is 772. The van der Waals surface area contributed by atoms with Crippen LogP contribution in [0.1, 0.15) is 30.1 Å². The number of para-hydroxylation sites is 2. The molecule has 2 unspecified atom stereocenters. The van der Waals surface area contributed by atoms with Crippen LogP contribution in [0.3, 0.4) is 0 Å². The van der Waals surface area contributed by atoms with E-state index in [9.17, 15) is 5.11 Å². The van der Waals surface area contributed by atoms with Crippen molar-refractivity contribution in [2.45, 2.75) is 25.0 Å². The van der Waals surface area contributed by atoms with Gasteiger partial charge in [0.1, 0.15) is 5.75 Å². The molecule has 1 aliphatic heterocycles. The predicted molar refractivity (Wildman–Crippen MR) is 102 cm³/mol. The lowest BCUT2D eigenvalue weighted by atomic mass is 10.0. The van der Waals surface area contributed by atoms with Crippen molar-refractivity contribution in [3.63, 3.8) is 0 Å². The molecule has 2 aromatic rings. The van der Waals surface area contributed by atoms with Crippen LogP contribution in [-0.4, -0.2) is 37.9 Å². The third-order valence-electron chi connectivity index (χ3n) is 4.85. The van der Waals surface area contributed by atoms with Crippen molar-refractivity contribution in [1.82, 2.24) is 5.32 Å². The first-order chi connectivity index (χ1) is 12.7. The van der Waals surface area contributed by atoms with Gasteiger partial charge in [0.15, 0.2) is 0 Å². The van der Waals surface area contributed by atoms with Crippen LogP contribution in [0.5, 0.6) is 5.75 Å². The average molecular weight is 351 g/mol. The highest BCUT2D eigenvalue weighted by molar-refractivity contribution is 5.58. The first-order valence-electron chi connectivity index (χ1n) is 9.00. The average Bonchev–Trinajstić information content (AvgIpc) is 2.72. The summed E-state index contributed by atoms with van der Waals surface area (Å²) in [6.45, 7) is 2.36. The molecule has 0 bridgehead atoms. The second-order valence-electron chi connectivity index (χ2n) is 6.62. The van der Waals surface area contributed by atoms with Gasteiger partial charge in [0.05, 0.1) is 30.5 Å². The number of nitrogens with one attached hydrogen (secondary N) is 1. The number of hydrogen-bond donors (Lipinski definition) is 2. The molecule has 136 valence electrons. The highest BCUT2D eigenvalue weighted by Gasteiger charge is 2.22. The molecule has 26 heavy (non-hydrogen) atoms. The first kappa shape index (κ1) is 18.2. The van der Waals surface area contributed by atoms with Crippen LogP contribution in [0, 0.1) is 11.3 Å². The van der Waals surface area contributed by atoms with Crippen molar-refractivity contribution < 1.29 is 9.84 Å². The normalized spacial score (nSPS) is 18.2. The molecule has 2 aromatic carbocycles. The molecule has 0 spiro atoms. The van der Waals surface area contributed by atoms with Crippen LogP contribution in [0.2, 0.25) is 0 Å².